The summed E-state index contributed by atoms with van der Waals surface area (Å²) in [7, 11) is 0. The number of halogens is 2. The molecule has 106 valence electrons. The van der Waals surface area contributed by atoms with Crippen molar-refractivity contribution in [3.8, 4) is 11.4 Å². The number of anilines is 1. The van der Waals surface area contributed by atoms with Gasteiger partial charge in [0.1, 0.15) is 5.82 Å². The quantitative estimate of drug-likeness (QED) is 0.627. The molecule has 0 amide bonds. The number of hydrogen-bond acceptors (Lipinski definition) is 4. The molecule has 0 aliphatic heterocycles. The molecule has 0 fully saturated rings. The highest BCUT2D eigenvalue weighted by Crippen LogP contribution is 2.31. The highest BCUT2D eigenvalue weighted by molar-refractivity contribution is 9.10. The summed E-state index contributed by atoms with van der Waals surface area (Å²) in [4.78, 5) is 8.99. The molecule has 6 heteroatoms. The molecule has 1 aromatic carbocycles. The van der Waals surface area contributed by atoms with Crippen molar-refractivity contribution in [2.75, 3.05) is 5.43 Å². The molecule has 0 bridgehead atoms. The molecule has 0 saturated carbocycles. The van der Waals surface area contributed by atoms with E-state index in [2.05, 4.69) is 52.1 Å². The van der Waals surface area contributed by atoms with Crippen molar-refractivity contribution in [2.24, 2.45) is 5.84 Å². The molecule has 0 aliphatic carbocycles. The first-order valence-electron chi connectivity index (χ1n) is 6.13. The SMILES string of the molecule is CC(C)(C)c1cc(NN)nc(-c2ccc(Br)cc2Cl)n1. The van der Waals surface area contributed by atoms with Gasteiger partial charge < -0.3 is 5.43 Å². The van der Waals surface area contributed by atoms with Crippen LogP contribution in [0.4, 0.5) is 5.82 Å². The Bertz CT molecular complexity index is 638. The minimum Gasteiger partial charge on any atom is -0.308 e. The first kappa shape index (κ1) is 15.2. The zero-order chi connectivity index (χ0) is 14.9. The second-order valence-corrected chi connectivity index (χ2v) is 6.80. The summed E-state index contributed by atoms with van der Waals surface area (Å²) < 4.78 is 0.912. The van der Waals surface area contributed by atoms with Gasteiger partial charge in [0.05, 0.1) is 10.7 Å². The first-order valence-corrected chi connectivity index (χ1v) is 7.30. The van der Waals surface area contributed by atoms with E-state index in [-0.39, 0.29) is 5.41 Å². The number of nitrogens with zero attached hydrogens (tertiary/aromatic N) is 2. The van der Waals surface area contributed by atoms with Gasteiger partial charge in [-0.3, -0.25) is 0 Å². The van der Waals surface area contributed by atoms with Crippen molar-refractivity contribution in [1.29, 1.82) is 0 Å². The van der Waals surface area contributed by atoms with E-state index in [4.69, 9.17) is 17.4 Å². The van der Waals surface area contributed by atoms with Gasteiger partial charge in [-0.05, 0) is 18.2 Å². The van der Waals surface area contributed by atoms with E-state index >= 15 is 0 Å². The van der Waals surface area contributed by atoms with Gasteiger partial charge in [0, 0.05) is 21.5 Å². The Kier molecular flexibility index (Phi) is 4.32. The third kappa shape index (κ3) is 3.29. The summed E-state index contributed by atoms with van der Waals surface area (Å²) in [5, 5.41) is 0.591. The van der Waals surface area contributed by atoms with Crippen molar-refractivity contribution in [1.82, 2.24) is 9.97 Å². The average molecular weight is 356 g/mol. The van der Waals surface area contributed by atoms with Gasteiger partial charge in [-0.2, -0.15) is 0 Å². The highest BCUT2D eigenvalue weighted by Gasteiger charge is 2.19. The summed E-state index contributed by atoms with van der Waals surface area (Å²) in [6.07, 6.45) is 0. The number of aromatic nitrogens is 2. The van der Waals surface area contributed by atoms with Crippen LogP contribution in [0.15, 0.2) is 28.7 Å². The molecule has 0 spiro atoms. The van der Waals surface area contributed by atoms with E-state index in [0.717, 1.165) is 15.7 Å². The topological polar surface area (TPSA) is 63.8 Å². The third-order valence-corrected chi connectivity index (χ3v) is 3.62. The predicted molar refractivity (Wildman–Crippen MR) is 86.7 cm³/mol. The van der Waals surface area contributed by atoms with Gasteiger partial charge in [-0.25, -0.2) is 15.8 Å². The number of benzene rings is 1. The molecule has 3 N–H and O–H groups in total. The van der Waals surface area contributed by atoms with Gasteiger partial charge in [0.2, 0.25) is 0 Å². The van der Waals surface area contributed by atoms with Gasteiger partial charge in [0.25, 0.3) is 0 Å². The second kappa shape index (κ2) is 5.68. The lowest BCUT2D eigenvalue weighted by Gasteiger charge is -2.19. The van der Waals surface area contributed by atoms with Gasteiger partial charge >= 0.3 is 0 Å². The minimum atomic E-state index is -0.106. The molecule has 2 rings (SSSR count). The number of nitrogens with two attached hydrogens (primary N) is 1. The number of rotatable bonds is 2. The lowest BCUT2D eigenvalue weighted by molar-refractivity contribution is 0.568. The maximum Gasteiger partial charge on any atom is 0.163 e. The molecule has 4 nitrogen and oxygen atoms in total. The molecule has 1 aromatic heterocycles. The monoisotopic (exact) mass is 354 g/mol. The van der Waals surface area contributed by atoms with Gasteiger partial charge in [-0.1, -0.05) is 48.3 Å². The first-order chi connectivity index (χ1) is 9.31. The van der Waals surface area contributed by atoms with E-state index in [1.54, 1.807) is 0 Å². The van der Waals surface area contributed by atoms with Crippen molar-refractivity contribution in [3.63, 3.8) is 0 Å². The van der Waals surface area contributed by atoms with Crippen LogP contribution in [0.1, 0.15) is 26.5 Å². The van der Waals surface area contributed by atoms with E-state index < -0.39 is 0 Å². The zero-order valence-electron chi connectivity index (χ0n) is 11.5. The van der Waals surface area contributed by atoms with Crippen LogP contribution in [0.5, 0.6) is 0 Å². The normalized spacial score (nSPS) is 11.5. The Morgan fingerprint density at radius 2 is 1.90 bits per heavy atom. The van der Waals surface area contributed by atoms with E-state index in [9.17, 15) is 0 Å². The van der Waals surface area contributed by atoms with Crippen molar-refractivity contribution < 1.29 is 0 Å². The summed E-state index contributed by atoms with van der Waals surface area (Å²) in [5.74, 6) is 6.62. The Labute approximate surface area is 131 Å². The van der Waals surface area contributed by atoms with Crippen LogP contribution >= 0.6 is 27.5 Å². The van der Waals surface area contributed by atoms with Crippen LogP contribution in [0.25, 0.3) is 11.4 Å². The van der Waals surface area contributed by atoms with Crippen LogP contribution in [0, 0.1) is 0 Å². The lowest BCUT2D eigenvalue weighted by atomic mass is 9.92. The number of nitrogens with one attached hydrogen (secondary N) is 1. The number of hydrogen-bond donors (Lipinski definition) is 2. The fourth-order valence-electron chi connectivity index (χ4n) is 1.70. The third-order valence-electron chi connectivity index (χ3n) is 2.81. The fraction of sp³-hybridized carbons (Fsp3) is 0.286. The molecular weight excluding hydrogens is 340 g/mol. The summed E-state index contributed by atoms with van der Waals surface area (Å²) in [6, 6.07) is 7.45. The molecule has 0 atom stereocenters. The molecule has 2 aromatic rings. The van der Waals surface area contributed by atoms with E-state index in [1.807, 2.05) is 24.3 Å². The average Bonchev–Trinajstić information content (AvgIpc) is 2.37. The maximum atomic E-state index is 6.26. The summed E-state index contributed by atoms with van der Waals surface area (Å²) in [6.45, 7) is 6.26. The van der Waals surface area contributed by atoms with Crippen LogP contribution in [0.3, 0.4) is 0 Å². The van der Waals surface area contributed by atoms with Crippen molar-refractivity contribution in [3.05, 3.63) is 39.5 Å². The molecule has 0 radical (unpaired) electrons. The smallest absolute Gasteiger partial charge is 0.163 e. The summed E-state index contributed by atoms with van der Waals surface area (Å²) in [5.41, 5.74) is 4.14. The standard InChI is InChI=1S/C14H16BrClN4/c1-14(2,3)11-7-12(20-17)19-13(18-11)9-5-4-8(15)6-10(9)16/h4-7H,17H2,1-3H3,(H,18,19,20). The Hall–Kier alpha value is -1.17. The maximum absolute atomic E-state index is 6.26. The van der Waals surface area contributed by atoms with Crippen LogP contribution < -0.4 is 11.3 Å². The second-order valence-electron chi connectivity index (χ2n) is 5.48. The lowest BCUT2D eigenvalue weighted by Crippen LogP contribution is -2.17. The predicted octanol–water partition coefficient (Wildman–Crippen LogP) is 4.14. The van der Waals surface area contributed by atoms with Crippen molar-refractivity contribution >= 4 is 33.3 Å². The Morgan fingerprint density at radius 1 is 1.20 bits per heavy atom. The fourth-order valence-corrected chi connectivity index (χ4v) is 2.45. The number of nitrogen functional groups attached to an aromatic ring is 1. The Balaban J connectivity index is 2.61. The molecule has 20 heavy (non-hydrogen) atoms. The van der Waals surface area contributed by atoms with Gasteiger partial charge in [0.15, 0.2) is 5.82 Å². The highest BCUT2D eigenvalue weighted by atomic mass is 79.9. The Morgan fingerprint density at radius 3 is 2.45 bits per heavy atom. The van der Waals surface area contributed by atoms with E-state index in [1.165, 1.54) is 0 Å². The van der Waals surface area contributed by atoms with Crippen LogP contribution in [-0.2, 0) is 5.41 Å². The van der Waals surface area contributed by atoms with Crippen molar-refractivity contribution in [2.45, 2.75) is 26.2 Å². The van der Waals surface area contributed by atoms with Crippen LogP contribution in [-0.4, -0.2) is 9.97 Å². The zero-order valence-corrected chi connectivity index (χ0v) is 13.9. The molecule has 0 saturated heterocycles. The largest absolute Gasteiger partial charge is 0.308 e. The van der Waals surface area contributed by atoms with E-state index in [0.29, 0.717) is 16.7 Å². The molecule has 0 aliphatic rings. The van der Waals surface area contributed by atoms with Gasteiger partial charge in [-0.15, -0.1) is 0 Å². The van der Waals surface area contributed by atoms with Crippen LogP contribution in [0.2, 0.25) is 5.02 Å². The molecular formula is C14H16BrClN4. The minimum absolute atomic E-state index is 0.106. The number of hydrazine groups is 1. The molecule has 1 heterocycles. The summed E-state index contributed by atoms with van der Waals surface area (Å²) >= 11 is 9.65. The molecule has 0 unspecified atom stereocenters.